The lowest BCUT2D eigenvalue weighted by atomic mass is 9.81. The average molecular weight is 317 g/mol. The second-order valence-corrected chi connectivity index (χ2v) is 6.86. The second kappa shape index (κ2) is 9.71. The molecule has 1 aromatic carbocycles. The van der Waals surface area contributed by atoms with Crippen LogP contribution in [0.3, 0.4) is 0 Å². The predicted molar refractivity (Wildman–Crippen MR) is 94.6 cm³/mol. The maximum Gasteiger partial charge on any atom is 0.306 e. The number of unbranched alkanes of at least 4 members (excludes halogenated alkanes) is 1. The van der Waals surface area contributed by atoms with Gasteiger partial charge in [0.1, 0.15) is 0 Å². The van der Waals surface area contributed by atoms with Gasteiger partial charge in [0.05, 0.1) is 5.92 Å². The van der Waals surface area contributed by atoms with Crippen molar-refractivity contribution in [2.24, 2.45) is 11.8 Å². The molecule has 128 valence electrons. The van der Waals surface area contributed by atoms with Gasteiger partial charge in [-0.1, -0.05) is 50.1 Å². The van der Waals surface area contributed by atoms with E-state index >= 15 is 0 Å². The van der Waals surface area contributed by atoms with E-state index in [9.17, 15) is 9.90 Å². The lowest BCUT2D eigenvalue weighted by Gasteiger charge is -2.34. The van der Waals surface area contributed by atoms with Crippen LogP contribution in [0.25, 0.3) is 0 Å². The Hall–Kier alpha value is -1.35. The largest absolute Gasteiger partial charge is 0.481 e. The fourth-order valence-corrected chi connectivity index (χ4v) is 3.72. The number of hydrogen-bond donors (Lipinski definition) is 1. The zero-order valence-corrected chi connectivity index (χ0v) is 14.4. The molecule has 1 atom stereocenters. The normalized spacial score (nSPS) is 18.0. The minimum absolute atomic E-state index is 0.124. The standard InChI is InChI=1S/C20H31NO2/c1-2-3-11-19(20(22)23)18-12-15-21(16-13-18)14-7-10-17-8-5-4-6-9-17/h4-6,8-9,18-19H,2-3,7,10-16H2,1H3,(H,22,23). The van der Waals surface area contributed by atoms with E-state index < -0.39 is 5.97 Å². The van der Waals surface area contributed by atoms with Crippen molar-refractivity contribution in [1.82, 2.24) is 4.90 Å². The molecule has 23 heavy (non-hydrogen) atoms. The molecule has 0 aliphatic carbocycles. The molecule has 0 bridgehead atoms. The van der Waals surface area contributed by atoms with Gasteiger partial charge in [0.15, 0.2) is 0 Å². The zero-order valence-electron chi connectivity index (χ0n) is 14.4. The lowest BCUT2D eigenvalue weighted by molar-refractivity contribution is -0.144. The van der Waals surface area contributed by atoms with Crippen LogP contribution in [0.1, 0.15) is 51.0 Å². The molecule has 1 N–H and O–H groups in total. The first-order chi connectivity index (χ1) is 11.2. The number of carboxylic acid groups (broad SMARTS) is 1. The molecular formula is C20H31NO2. The van der Waals surface area contributed by atoms with Gasteiger partial charge in [0, 0.05) is 0 Å². The van der Waals surface area contributed by atoms with Crippen LogP contribution in [0, 0.1) is 11.8 Å². The molecular weight excluding hydrogens is 286 g/mol. The van der Waals surface area contributed by atoms with E-state index in [1.165, 1.54) is 12.0 Å². The second-order valence-electron chi connectivity index (χ2n) is 6.86. The van der Waals surface area contributed by atoms with Crippen LogP contribution in [0.4, 0.5) is 0 Å². The van der Waals surface area contributed by atoms with Crippen LogP contribution >= 0.6 is 0 Å². The van der Waals surface area contributed by atoms with Gasteiger partial charge >= 0.3 is 5.97 Å². The number of aliphatic carboxylic acids is 1. The monoisotopic (exact) mass is 317 g/mol. The first-order valence-electron chi connectivity index (χ1n) is 9.19. The van der Waals surface area contributed by atoms with E-state index in [0.717, 1.165) is 58.2 Å². The van der Waals surface area contributed by atoms with Crippen molar-refractivity contribution >= 4 is 5.97 Å². The molecule has 1 saturated heterocycles. The summed E-state index contributed by atoms with van der Waals surface area (Å²) in [5.74, 6) is -0.327. The van der Waals surface area contributed by atoms with E-state index in [0.29, 0.717) is 5.92 Å². The van der Waals surface area contributed by atoms with E-state index in [-0.39, 0.29) is 5.92 Å². The van der Waals surface area contributed by atoms with Crippen LogP contribution in [0.5, 0.6) is 0 Å². The maximum absolute atomic E-state index is 11.5. The maximum atomic E-state index is 11.5. The molecule has 1 unspecified atom stereocenters. The predicted octanol–water partition coefficient (Wildman–Crippen LogP) is 4.22. The Morgan fingerprint density at radius 3 is 2.52 bits per heavy atom. The van der Waals surface area contributed by atoms with Crippen LogP contribution in [0.15, 0.2) is 30.3 Å². The summed E-state index contributed by atoms with van der Waals surface area (Å²) < 4.78 is 0. The number of carbonyl (C=O) groups is 1. The molecule has 1 aliphatic rings. The summed E-state index contributed by atoms with van der Waals surface area (Å²) in [4.78, 5) is 14.0. The number of aryl methyl sites for hydroxylation is 1. The Balaban J connectivity index is 1.69. The molecule has 0 amide bonds. The van der Waals surface area contributed by atoms with Crippen molar-refractivity contribution in [3.05, 3.63) is 35.9 Å². The molecule has 1 aromatic rings. The van der Waals surface area contributed by atoms with Gasteiger partial charge in [-0.25, -0.2) is 0 Å². The molecule has 0 aromatic heterocycles. The van der Waals surface area contributed by atoms with Crippen molar-refractivity contribution in [3.63, 3.8) is 0 Å². The van der Waals surface area contributed by atoms with Gasteiger partial charge in [0.2, 0.25) is 0 Å². The van der Waals surface area contributed by atoms with Gasteiger partial charge in [0.25, 0.3) is 0 Å². The molecule has 1 aliphatic heterocycles. The van der Waals surface area contributed by atoms with E-state index in [2.05, 4.69) is 42.2 Å². The minimum atomic E-state index is -0.582. The SMILES string of the molecule is CCCCC(C(=O)O)C1CCN(CCCc2ccccc2)CC1. The fraction of sp³-hybridized carbons (Fsp3) is 0.650. The highest BCUT2D eigenvalue weighted by molar-refractivity contribution is 5.70. The summed E-state index contributed by atoms with van der Waals surface area (Å²) in [6.07, 6.45) is 7.39. The van der Waals surface area contributed by atoms with Gasteiger partial charge in [-0.3, -0.25) is 4.79 Å². The van der Waals surface area contributed by atoms with Crippen LogP contribution in [0.2, 0.25) is 0 Å². The quantitative estimate of drug-likeness (QED) is 0.741. The Morgan fingerprint density at radius 2 is 1.91 bits per heavy atom. The summed E-state index contributed by atoms with van der Waals surface area (Å²) in [6, 6.07) is 10.6. The topological polar surface area (TPSA) is 40.5 Å². The Morgan fingerprint density at radius 1 is 1.22 bits per heavy atom. The van der Waals surface area contributed by atoms with E-state index in [4.69, 9.17) is 0 Å². The minimum Gasteiger partial charge on any atom is -0.481 e. The molecule has 3 heteroatoms. The van der Waals surface area contributed by atoms with Gasteiger partial charge in [-0.05, 0) is 63.2 Å². The van der Waals surface area contributed by atoms with Crippen molar-refractivity contribution < 1.29 is 9.90 Å². The molecule has 0 saturated carbocycles. The van der Waals surface area contributed by atoms with E-state index in [1.54, 1.807) is 0 Å². The van der Waals surface area contributed by atoms with Gasteiger partial charge in [-0.15, -0.1) is 0 Å². The third-order valence-corrected chi connectivity index (χ3v) is 5.17. The van der Waals surface area contributed by atoms with Crippen molar-refractivity contribution in [2.45, 2.75) is 51.9 Å². The van der Waals surface area contributed by atoms with Crippen LogP contribution in [-0.2, 0) is 11.2 Å². The number of piperidine rings is 1. The molecule has 2 rings (SSSR count). The fourth-order valence-electron chi connectivity index (χ4n) is 3.72. The highest BCUT2D eigenvalue weighted by atomic mass is 16.4. The van der Waals surface area contributed by atoms with Crippen LogP contribution in [-0.4, -0.2) is 35.6 Å². The summed E-state index contributed by atoms with van der Waals surface area (Å²) in [5, 5.41) is 9.47. The number of carboxylic acids is 1. The van der Waals surface area contributed by atoms with Gasteiger partial charge in [-0.2, -0.15) is 0 Å². The number of hydrogen-bond acceptors (Lipinski definition) is 2. The third kappa shape index (κ3) is 5.98. The summed E-state index contributed by atoms with van der Waals surface area (Å²) >= 11 is 0. The Labute approximate surface area is 140 Å². The molecule has 0 spiro atoms. The molecule has 0 radical (unpaired) electrons. The Bertz CT molecular complexity index is 452. The number of likely N-dealkylation sites (tertiary alicyclic amines) is 1. The lowest BCUT2D eigenvalue weighted by Crippen LogP contribution is -2.38. The summed E-state index contributed by atoms with van der Waals surface area (Å²) in [7, 11) is 0. The smallest absolute Gasteiger partial charge is 0.306 e. The average Bonchev–Trinajstić information content (AvgIpc) is 2.57. The van der Waals surface area contributed by atoms with Gasteiger partial charge < -0.3 is 10.0 Å². The Kier molecular flexibility index (Phi) is 7.60. The van der Waals surface area contributed by atoms with E-state index in [1.807, 2.05) is 0 Å². The van der Waals surface area contributed by atoms with Crippen molar-refractivity contribution in [2.75, 3.05) is 19.6 Å². The molecule has 1 fully saturated rings. The van der Waals surface area contributed by atoms with Crippen molar-refractivity contribution in [3.8, 4) is 0 Å². The highest BCUT2D eigenvalue weighted by Gasteiger charge is 2.30. The number of nitrogens with zero attached hydrogens (tertiary/aromatic N) is 1. The zero-order chi connectivity index (χ0) is 16.5. The van der Waals surface area contributed by atoms with Crippen molar-refractivity contribution in [1.29, 1.82) is 0 Å². The summed E-state index contributed by atoms with van der Waals surface area (Å²) in [6.45, 7) is 5.40. The number of benzene rings is 1. The first kappa shape index (κ1) is 18.0. The molecule has 3 nitrogen and oxygen atoms in total. The van der Waals surface area contributed by atoms with Crippen LogP contribution < -0.4 is 0 Å². The molecule has 1 heterocycles. The number of rotatable bonds is 9. The summed E-state index contributed by atoms with van der Waals surface area (Å²) in [5.41, 5.74) is 1.41. The highest BCUT2D eigenvalue weighted by Crippen LogP contribution is 2.29. The third-order valence-electron chi connectivity index (χ3n) is 5.17. The first-order valence-corrected chi connectivity index (χ1v) is 9.19.